The lowest BCUT2D eigenvalue weighted by Crippen LogP contribution is -2.52. The number of carbonyl (C=O) groups is 3. The summed E-state index contributed by atoms with van der Waals surface area (Å²) in [6.45, 7) is 3.46. The van der Waals surface area contributed by atoms with Gasteiger partial charge in [0.2, 0.25) is 11.8 Å². The summed E-state index contributed by atoms with van der Waals surface area (Å²) in [5, 5.41) is 4.31. The quantitative estimate of drug-likeness (QED) is 0.523. The van der Waals surface area contributed by atoms with Crippen LogP contribution in [0.4, 0.5) is 0 Å². The van der Waals surface area contributed by atoms with Crippen molar-refractivity contribution in [3.63, 3.8) is 0 Å². The molecule has 3 aliphatic heterocycles. The summed E-state index contributed by atoms with van der Waals surface area (Å²) in [6.07, 6.45) is 7.32. The second-order valence-electron chi connectivity index (χ2n) is 10.3. The maximum Gasteiger partial charge on any atom is 0.255 e. The zero-order chi connectivity index (χ0) is 25.7. The first kappa shape index (κ1) is 24.2. The molecule has 2 aromatic heterocycles. The van der Waals surface area contributed by atoms with Gasteiger partial charge in [-0.3, -0.25) is 24.6 Å². The van der Waals surface area contributed by atoms with Gasteiger partial charge in [0.25, 0.3) is 5.91 Å². The number of aromatic nitrogens is 2. The van der Waals surface area contributed by atoms with E-state index in [1.54, 1.807) is 4.90 Å². The Balaban J connectivity index is 1.29. The van der Waals surface area contributed by atoms with Crippen molar-refractivity contribution in [1.29, 1.82) is 0 Å². The summed E-state index contributed by atoms with van der Waals surface area (Å²) < 4.78 is 2.06. The van der Waals surface area contributed by atoms with Gasteiger partial charge in [-0.15, -0.1) is 0 Å². The van der Waals surface area contributed by atoms with Crippen LogP contribution in [0.5, 0.6) is 0 Å². The molecule has 8 nitrogen and oxygen atoms in total. The van der Waals surface area contributed by atoms with Gasteiger partial charge in [-0.1, -0.05) is 6.07 Å². The van der Waals surface area contributed by atoms with Crippen molar-refractivity contribution >= 4 is 40.5 Å². The zero-order valence-corrected chi connectivity index (χ0v) is 22.0. The van der Waals surface area contributed by atoms with Crippen LogP contribution in [0.25, 0.3) is 22.3 Å². The van der Waals surface area contributed by atoms with Crippen LogP contribution in [-0.4, -0.2) is 67.7 Å². The van der Waals surface area contributed by atoms with E-state index in [0.29, 0.717) is 18.5 Å². The van der Waals surface area contributed by atoms with E-state index in [-0.39, 0.29) is 24.1 Å². The Morgan fingerprint density at radius 1 is 1.08 bits per heavy atom. The SMILES string of the molecule is CSC1CCN(Cc2cc(-c3ccc4c(c3)CN(C3CCC(=O)NC3=O)C4=O)nc3c2ccn3C)CC1. The van der Waals surface area contributed by atoms with Crippen molar-refractivity contribution in [2.24, 2.45) is 7.05 Å². The third-order valence-electron chi connectivity index (χ3n) is 8.00. The molecule has 0 radical (unpaired) electrons. The number of amides is 3. The minimum atomic E-state index is -0.610. The molecule has 0 spiro atoms. The Kier molecular flexibility index (Phi) is 6.28. The number of hydrogen-bond donors (Lipinski definition) is 1. The summed E-state index contributed by atoms with van der Waals surface area (Å²) in [5.41, 5.74) is 5.57. The number of carbonyl (C=O) groups excluding carboxylic acids is 3. The maximum atomic E-state index is 13.1. The van der Waals surface area contributed by atoms with Crippen LogP contribution in [0.1, 0.15) is 47.2 Å². The molecule has 1 aromatic carbocycles. The van der Waals surface area contributed by atoms with E-state index in [1.807, 2.05) is 37.0 Å². The van der Waals surface area contributed by atoms with E-state index in [0.717, 1.165) is 47.4 Å². The number of pyridine rings is 1. The van der Waals surface area contributed by atoms with Crippen molar-refractivity contribution in [2.75, 3.05) is 19.3 Å². The highest BCUT2D eigenvalue weighted by Crippen LogP contribution is 2.33. The number of benzene rings is 1. The van der Waals surface area contributed by atoms with Crippen molar-refractivity contribution in [3.05, 3.63) is 53.2 Å². The molecule has 2 fully saturated rings. The van der Waals surface area contributed by atoms with Gasteiger partial charge in [-0.2, -0.15) is 11.8 Å². The predicted octanol–water partition coefficient (Wildman–Crippen LogP) is 3.33. The Morgan fingerprint density at radius 3 is 2.65 bits per heavy atom. The Labute approximate surface area is 220 Å². The van der Waals surface area contributed by atoms with E-state index in [1.165, 1.54) is 23.8 Å². The third-order valence-corrected chi connectivity index (χ3v) is 9.14. The lowest BCUT2D eigenvalue weighted by Gasteiger charge is -2.31. The maximum absolute atomic E-state index is 13.1. The molecule has 0 aliphatic carbocycles. The largest absolute Gasteiger partial charge is 0.336 e. The smallest absolute Gasteiger partial charge is 0.255 e. The zero-order valence-electron chi connectivity index (χ0n) is 21.2. The molecular formula is C28H31N5O3S. The van der Waals surface area contributed by atoms with Gasteiger partial charge in [-0.25, -0.2) is 4.98 Å². The second-order valence-corrected chi connectivity index (χ2v) is 11.5. The first-order chi connectivity index (χ1) is 17.9. The van der Waals surface area contributed by atoms with Crippen molar-refractivity contribution in [2.45, 2.75) is 50.1 Å². The van der Waals surface area contributed by atoms with E-state index >= 15 is 0 Å². The number of likely N-dealkylation sites (tertiary alicyclic amines) is 1. The molecular weight excluding hydrogens is 486 g/mol. The summed E-state index contributed by atoms with van der Waals surface area (Å²) in [4.78, 5) is 46.2. The summed E-state index contributed by atoms with van der Waals surface area (Å²) in [7, 11) is 2.02. The molecule has 1 unspecified atom stereocenters. The van der Waals surface area contributed by atoms with Gasteiger partial charge in [-0.05, 0) is 74.0 Å². The second kappa shape index (κ2) is 9.61. The fraction of sp³-hybridized carbons (Fsp3) is 0.429. The highest BCUT2D eigenvalue weighted by Gasteiger charge is 2.39. The van der Waals surface area contributed by atoms with Crippen LogP contribution in [0.15, 0.2) is 36.5 Å². The molecule has 5 heterocycles. The van der Waals surface area contributed by atoms with Crippen molar-refractivity contribution in [3.8, 4) is 11.3 Å². The van der Waals surface area contributed by atoms with Crippen LogP contribution in [0.2, 0.25) is 0 Å². The number of rotatable bonds is 5. The van der Waals surface area contributed by atoms with Crippen LogP contribution < -0.4 is 5.32 Å². The molecule has 0 bridgehead atoms. The van der Waals surface area contributed by atoms with Crippen LogP contribution in [0.3, 0.4) is 0 Å². The number of piperidine rings is 2. The minimum Gasteiger partial charge on any atom is -0.336 e. The molecule has 2 saturated heterocycles. The molecule has 3 aromatic rings. The molecule has 3 aliphatic rings. The summed E-state index contributed by atoms with van der Waals surface area (Å²) >= 11 is 1.97. The minimum absolute atomic E-state index is 0.156. The van der Waals surface area contributed by atoms with Gasteiger partial charge < -0.3 is 9.47 Å². The number of imide groups is 1. The van der Waals surface area contributed by atoms with E-state index in [4.69, 9.17) is 4.98 Å². The van der Waals surface area contributed by atoms with Crippen LogP contribution >= 0.6 is 11.8 Å². The summed E-state index contributed by atoms with van der Waals surface area (Å²) in [6, 6.07) is 9.57. The first-order valence-electron chi connectivity index (χ1n) is 12.9. The molecule has 6 rings (SSSR count). The number of nitrogens with one attached hydrogen (secondary N) is 1. The number of thioether (sulfide) groups is 1. The van der Waals surface area contributed by atoms with Gasteiger partial charge in [0.05, 0.1) is 5.69 Å². The number of aryl methyl sites for hydroxylation is 1. The van der Waals surface area contributed by atoms with E-state index in [2.05, 4.69) is 39.4 Å². The number of fused-ring (bicyclic) bond motifs is 2. The van der Waals surface area contributed by atoms with E-state index in [9.17, 15) is 14.4 Å². The third kappa shape index (κ3) is 4.44. The normalized spacial score (nSPS) is 21.1. The fourth-order valence-corrected chi connectivity index (χ4v) is 6.54. The lowest BCUT2D eigenvalue weighted by atomic mass is 10.0. The fourth-order valence-electron chi connectivity index (χ4n) is 5.86. The van der Waals surface area contributed by atoms with Gasteiger partial charge >= 0.3 is 0 Å². The lowest BCUT2D eigenvalue weighted by molar-refractivity contribution is -0.136. The Bertz CT molecular complexity index is 1410. The van der Waals surface area contributed by atoms with Gasteiger partial charge in [0.1, 0.15) is 11.7 Å². The molecule has 192 valence electrons. The molecule has 37 heavy (non-hydrogen) atoms. The first-order valence-corrected chi connectivity index (χ1v) is 14.2. The molecule has 3 amide bonds. The molecule has 0 saturated carbocycles. The van der Waals surface area contributed by atoms with Crippen LogP contribution in [-0.2, 0) is 29.7 Å². The number of nitrogens with zero attached hydrogens (tertiary/aromatic N) is 4. The highest BCUT2D eigenvalue weighted by atomic mass is 32.2. The van der Waals surface area contributed by atoms with Crippen LogP contribution in [0, 0.1) is 0 Å². The van der Waals surface area contributed by atoms with Crippen molar-refractivity contribution < 1.29 is 14.4 Å². The molecule has 1 atom stereocenters. The molecule has 1 N–H and O–H groups in total. The average molecular weight is 518 g/mol. The van der Waals surface area contributed by atoms with Gasteiger partial charge in [0, 0.05) is 54.5 Å². The standard InChI is InChI=1S/C28H31N5O3S/c1-31-10-9-21-19(15-32-11-7-20(37-2)8-12-32)14-23(29-26(21)31)17-3-4-22-18(13-17)16-33(28(22)36)24-5-6-25(34)30-27(24)35/h3-4,9-10,13-14,20,24H,5-8,11-12,15-16H2,1-2H3,(H,30,34,35). The number of hydrogen-bond acceptors (Lipinski definition) is 6. The topological polar surface area (TPSA) is 87.5 Å². The van der Waals surface area contributed by atoms with Crippen molar-refractivity contribution in [1.82, 2.24) is 24.7 Å². The molecule has 9 heteroatoms. The Morgan fingerprint density at radius 2 is 1.89 bits per heavy atom. The predicted molar refractivity (Wildman–Crippen MR) is 144 cm³/mol. The Hall–Kier alpha value is -3.17. The average Bonchev–Trinajstić information content (AvgIpc) is 3.44. The monoisotopic (exact) mass is 517 g/mol. The van der Waals surface area contributed by atoms with Gasteiger partial charge in [0.15, 0.2) is 0 Å². The highest BCUT2D eigenvalue weighted by molar-refractivity contribution is 7.99. The summed E-state index contributed by atoms with van der Waals surface area (Å²) in [5.74, 6) is -0.824. The van der Waals surface area contributed by atoms with E-state index < -0.39 is 6.04 Å².